The second kappa shape index (κ2) is 5.19. The van der Waals surface area contributed by atoms with Gasteiger partial charge in [-0.3, -0.25) is 0 Å². The summed E-state index contributed by atoms with van der Waals surface area (Å²) in [6.07, 6.45) is 3.95. The number of benzene rings is 1. The average Bonchev–Trinajstić information content (AvgIpc) is 3.34. The lowest BCUT2D eigenvalue weighted by atomic mass is 9.92. The monoisotopic (exact) mass is 305 g/mol. The standard InChI is InChI=1S/C18H19N5/c1-12-4-2-3-5-14(12)18(8-9-18)10-20-16-13-6-7-15(19)23-17(13)22-11-21-16/h2-7,11H,8-10H2,1H3,(H3,19,20,21,22,23). The number of aryl methyl sites for hydroxylation is 1. The molecule has 0 amide bonds. The van der Waals surface area contributed by atoms with Crippen molar-refractivity contribution in [3.63, 3.8) is 0 Å². The minimum atomic E-state index is 0.226. The molecule has 1 aromatic carbocycles. The van der Waals surface area contributed by atoms with Crippen molar-refractivity contribution in [2.75, 3.05) is 17.6 Å². The first-order valence-corrected chi connectivity index (χ1v) is 7.85. The summed E-state index contributed by atoms with van der Waals surface area (Å²) in [4.78, 5) is 12.8. The summed E-state index contributed by atoms with van der Waals surface area (Å²) in [7, 11) is 0. The minimum Gasteiger partial charge on any atom is -0.384 e. The Hall–Kier alpha value is -2.69. The third kappa shape index (κ3) is 2.48. The van der Waals surface area contributed by atoms with E-state index in [2.05, 4.69) is 51.5 Å². The third-order valence-corrected chi connectivity index (χ3v) is 4.68. The van der Waals surface area contributed by atoms with Crippen LogP contribution >= 0.6 is 0 Å². The molecule has 2 aromatic heterocycles. The fourth-order valence-corrected chi connectivity index (χ4v) is 3.21. The lowest BCUT2D eigenvalue weighted by Crippen LogP contribution is -2.21. The fourth-order valence-electron chi connectivity index (χ4n) is 3.21. The van der Waals surface area contributed by atoms with Gasteiger partial charge in [-0.15, -0.1) is 0 Å². The number of hydrogen-bond donors (Lipinski definition) is 2. The van der Waals surface area contributed by atoms with Gasteiger partial charge in [-0.05, 0) is 43.0 Å². The van der Waals surface area contributed by atoms with Crippen molar-refractivity contribution in [3.05, 3.63) is 53.9 Å². The number of nitrogens with two attached hydrogens (primary N) is 1. The van der Waals surface area contributed by atoms with Crippen molar-refractivity contribution in [1.29, 1.82) is 0 Å². The van der Waals surface area contributed by atoms with Crippen LogP contribution in [0.3, 0.4) is 0 Å². The number of anilines is 2. The van der Waals surface area contributed by atoms with Gasteiger partial charge in [0.2, 0.25) is 0 Å². The van der Waals surface area contributed by atoms with Gasteiger partial charge in [0, 0.05) is 12.0 Å². The van der Waals surface area contributed by atoms with E-state index in [9.17, 15) is 0 Å². The van der Waals surface area contributed by atoms with E-state index in [1.165, 1.54) is 30.3 Å². The summed E-state index contributed by atoms with van der Waals surface area (Å²) in [6, 6.07) is 12.3. The van der Waals surface area contributed by atoms with Gasteiger partial charge < -0.3 is 11.1 Å². The van der Waals surface area contributed by atoms with Gasteiger partial charge in [-0.2, -0.15) is 0 Å². The zero-order chi connectivity index (χ0) is 15.9. The molecule has 1 saturated carbocycles. The SMILES string of the molecule is Cc1ccccc1C1(CNc2ncnc3nc(N)ccc23)CC1. The number of nitrogens with one attached hydrogen (secondary N) is 1. The average molecular weight is 305 g/mol. The topological polar surface area (TPSA) is 76.7 Å². The smallest absolute Gasteiger partial charge is 0.166 e. The minimum absolute atomic E-state index is 0.226. The Morgan fingerprint density at radius 1 is 1.13 bits per heavy atom. The normalized spacial score (nSPS) is 15.5. The number of hydrogen-bond acceptors (Lipinski definition) is 5. The van der Waals surface area contributed by atoms with Gasteiger partial charge in [-0.25, -0.2) is 15.0 Å². The van der Waals surface area contributed by atoms with Gasteiger partial charge in [-0.1, -0.05) is 24.3 Å². The first kappa shape index (κ1) is 13.9. The molecule has 0 bridgehead atoms. The maximum Gasteiger partial charge on any atom is 0.166 e. The van der Waals surface area contributed by atoms with E-state index in [0.29, 0.717) is 11.5 Å². The van der Waals surface area contributed by atoms with E-state index in [1.807, 2.05) is 6.07 Å². The molecular weight excluding hydrogens is 286 g/mol. The van der Waals surface area contributed by atoms with Crippen molar-refractivity contribution in [2.45, 2.75) is 25.2 Å². The highest BCUT2D eigenvalue weighted by atomic mass is 15.0. The molecule has 1 fully saturated rings. The molecule has 0 atom stereocenters. The van der Waals surface area contributed by atoms with Crippen molar-refractivity contribution < 1.29 is 0 Å². The number of nitrogens with zero attached hydrogens (tertiary/aromatic N) is 3. The summed E-state index contributed by atoms with van der Waals surface area (Å²) >= 11 is 0. The highest BCUT2D eigenvalue weighted by molar-refractivity contribution is 5.87. The van der Waals surface area contributed by atoms with Crippen molar-refractivity contribution in [3.8, 4) is 0 Å². The van der Waals surface area contributed by atoms with E-state index in [4.69, 9.17) is 5.73 Å². The molecule has 1 aliphatic rings. The van der Waals surface area contributed by atoms with Crippen LogP contribution in [0.1, 0.15) is 24.0 Å². The van der Waals surface area contributed by atoms with Crippen LogP contribution in [0.5, 0.6) is 0 Å². The predicted octanol–water partition coefficient (Wildman–Crippen LogP) is 3.06. The van der Waals surface area contributed by atoms with Gasteiger partial charge >= 0.3 is 0 Å². The van der Waals surface area contributed by atoms with Gasteiger partial charge in [0.05, 0.1) is 5.39 Å². The van der Waals surface area contributed by atoms with Crippen molar-refractivity contribution >= 4 is 22.7 Å². The second-order valence-electron chi connectivity index (χ2n) is 6.28. The van der Waals surface area contributed by atoms with E-state index >= 15 is 0 Å². The summed E-state index contributed by atoms with van der Waals surface area (Å²) in [5, 5.41) is 4.41. The molecular formula is C18H19N5. The zero-order valence-electron chi connectivity index (χ0n) is 13.1. The highest BCUT2D eigenvalue weighted by Gasteiger charge is 2.44. The first-order valence-electron chi connectivity index (χ1n) is 7.85. The number of aromatic nitrogens is 3. The quantitative estimate of drug-likeness (QED) is 0.774. The molecule has 0 radical (unpaired) electrons. The largest absolute Gasteiger partial charge is 0.384 e. The van der Waals surface area contributed by atoms with Crippen LogP contribution in [0.15, 0.2) is 42.7 Å². The number of rotatable bonds is 4. The zero-order valence-corrected chi connectivity index (χ0v) is 13.1. The Morgan fingerprint density at radius 2 is 1.96 bits per heavy atom. The number of fused-ring (bicyclic) bond motifs is 1. The van der Waals surface area contributed by atoms with Crippen LogP contribution in [0.25, 0.3) is 11.0 Å². The van der Waals surface area contributed by atoms with Crippen LogP contribution in [-0.4, -0.2) is 21.5 Å². The van der Waals surface area contributed by atoms with Gasteiger partial charge in [0.1, 0.15) is 18.0 Å². The van der Waals surface area contributed by atoms with Gasteiger partial charge in [0.15, 0.2) is 5.65 Å². The molecule has 2 heterocycles. The molecule has 0 aliphatic heterocycles. The Balaban J connectivity index is 1.62. The molecule has 3 N–H and O–H groups in total. The fraction of sp³-hybridized carbons (Fsp3) is 0.278. The van der Waals surface area contributed by atoms with Gasteiger partial charge in [0.25, 0.3) is 0 Å². The first-order chi connectivity index (χ1) is 11.2. The molecule has 116 valence electrons. The Morgan fingerprint density at radius 3 is 2.74 bits per heavy atom. The maximum atomic E-state index is 5.73. The molecule has 0 unspecified atom stereocenters. The summed E-state index contributed by atoms with van der Waals surface area (Å²) < 4.78 is 0. The van der Waals surface area contributed by atoms with E-state index in [1.54, 1.807) is 6.07 Å². The molecule has 1 aliphatic carbocycles. The molecule has 0 saturated heterocycles. The number of pyridine rings is 1. The molecule has 0 spiro atoms. The number of nitrogen functional groups attached to an aromatic ring is 1. The lowest BCUT2D eigenvalue weighted by Gasteiger charge is -2.19. The van der Waals surface area contributed by atoms with Crippen LogP contribution in [-0.2, 0) is 5.41 Å². The third-order valence-electron chi connectivity index (χ3n) is 4.68. The summed E-state index contributed by atoms with van der Waals surface area (Å²) in [5.41, 5.74) is 9.38. The van der Waals surface area contributed by atoms with E-state index < -0.39 is 0 Å². The summed E-state index contributed by atoms with van der Waals surface area (Å²) in [5.74, 6) is 1.29. The van der Waals surface area contributed by atoms with E-state index in [-0.39, 0.29) is 5.41 Å². The van der Waals surface area contributed by atoms with Crippen molar-refractivity contribution in [2.24, 2.45) is 0 Å². The molecule has 5 heteroatoms. The Bertz CT molecular complexity index is 870. The van der Waals surface area contributed by atoms with Crippen LogP contribution in [0, 0.1) is 6.92 Å². The van der Waals surface area contributed by atoms with E-state index in [0.717, 1.165) is 17.7 Å². The predicted molar refractivity (Wildman–Crippen MR) is 92.3 cm³/mol. The van der Waals surface area contributed by atoms with Crippen LogP contribution < -0.4 is 11.1 Å². The molecule has 23 heavy (non-hydrogen) atoms. The summed E-state index contributed by atoms with van der Waals surface area (Å²) in [6.45, 7) is 3.05. The lowest BCUT2D eigenvalue weighted by molar-refractivity contribution is 0.724. The molecule has 4 rings (SSSR count). The Kier molecular flexibility index (Phi) is 3.15. The molecule has 5 nitrogen and oxygen atoms in total. The highest BCUT2D eigenvalue weighted by Crippen LogP contribution is 2.49. The van der Waals surface area contributed by atoms with Crippen LogP contribution in [0.4, 0.5) is 11.6 Å². The van der Waals surface area contributed by atoms with Crippen molar-refractivity contribution in [1.82, 2.24) is 15.0 Å². The second-order valence-corrected chi connectivity index (χ2v) is 6.28. The molecule has 3 aromatic rings. The maximum absolute atomic E-state index is 5.73. The van der Waals surface area contributed by atoms with Crippen LogP contribution in [0.2, 0.25) is 0 Å². The Labute approximate surface area is 135 Å².